The van der Waals surface area contributed by atoms with E-state index in [0.29, 0.717) is 6.54 Å². The van der Waals surface area contributed by atoms with Crippen molar-refractivity contribution in [2.45, 2.75) is 25.7 Å². The fourth-order valence-corrected chi connectivity index (χ4v) is 2.37. The summed E-state index contributed by atoms with van der Waals surface area (Å²) >= 11 is 8.15. The zero-order valence-corrected chi connectivity index (χ0v) is 12.9. The molecule has 0 aliphatic heterocycles. The van der Waals surface area contributed by atoms with Crippen molar-refractivity contribution in [1.29, 1.82) is 0 Å². The number of halogens is 3. The lowest BCUT2D eigenvalue weighted by atomic mass is 10.2. The maximum atomic E-state index is 13.4. The topological polar surface area (TPSA) is 29.1 Å². The number of alkyl halides is 1. The minimum absolute atomic E-state index is 0.0635. The lowest BCUT2D eigenvalue weighted by molar-refractivity contribution is 0.0949. The van der Waals surface area contributed by atoms with Gasteiger partial charge in [0.2, 0.25) is 0 Å². The summed E-state index contributed by atoms with van der Waals surface area (Å²) in [5, 5.41) is 2.84. The van der Waals surface area contributed by atoms with Crippen molar-refractivity contribution in [2.24, 2.45) is 0 Å². The molecular weight excluding hydrogens is 368 g/mol. The third-order valence-corrected chi connectivity index (χ3v) is 3.61. The second-order valence-corrected chi connectivity index (χ2v) is 5.44. The predicted octanol–water partition coefficient (Wildman–Crippen LogP) is 4.20. The molecule has 0 aliphatic carbocycles. The summed E-state index contributed by atoms with van der Waals surface area (Å²) in [6.45, 7) is 0.560. The number of rotatable bonds is 7. The number of unbranched alkanes of at least 4 members (excludes halogenated alkanes) is 3. The highest BCUT2D eigenvalue weighted by Crippen LogP contribution is 2.18. The molecule has 0 radical (unpaired) electrons. The van der Waals surface area contributed by atoms with Gasteiger partial charge in [-0.1, -0.05) is 53.1 Å². The molecule has 18 heavy (non-hydrogen) atoms. The largest absolute Gasteiger partial charge is 0.352 e. The summed E-state index contributed by atoms with van der Waals surface area (Å²) in [6, 6.07) is 4.24. The Labute approximate surface area is 125 Å². The van der Waals surface area contributed by atoms with Crippen LogP contribution in [0.2, 0.25) is 5.02 Å². The van der Waals surface area contributed by atoms with Crippen LogP contribution in [0.3, 0.4) is 0 Å². The van der Waals surface area contributed by atoms with E-state index >= 15 is 0 Å². The predicted molar refractivity (Wildman–Crippen MR) is 81.1 cm³/mol. The van der Waals surface area contributed by atoms with Crippen LogP contribution in [-0.4, -0.2) is 16.9 Å². The molecule has 0 saturated carbocycles. The van der Waals surface area contributed by atoms with Crippen LogP contribution in [0.4, 0.5) is 4.39 Å². The van der Waals surface area contributed by atoms with E-state index in [1.54, 1.807) is 0 Å². The monoisotopic (exact) mass is 383 g/mol. The summed E-state index contributed by atoms with van der Waals surface area (Å²) in [4.78, 5) is 11.7. The highest BCUT2D eigenvalue weighted by molar-refractivity contribution is 14.1. The molecule has 1 amide bonds. The molecule has 0 fully saturated rings. The van der Waals surface area contributed by atoms with Gasteiger partial charge >= 0.3 is 0 Å². The Morgan fingerprint density at radius 2 is 2.00 bits per heavy atom. The maximum Gasteiger partial charge on any atom is 0.255 e. The molecule has 2 nitrogen and oxygen atoms in total. The summed E-state index contributed by atoms with van der Waals surface area (Å²) in [5.41, 5.74) is -0.0635. The molecule has 0 saturated heterocycles. The average Bonchev–Trinajstić information content (AvgIpc) is 2.33. The fraction of sp³-hybridized carbons (Fsp3) is 0.462. The Morgan fingerprint density at radius 1 is 1.28 bits per heavy atom. The molecule has 0 heterocycles. The first kappa shape index (κ1) is 15.7. The van der Waals surface area contributed by atoms with Crippen molar-refractivity contribution >= 4 is 40.1 Å². The lowest BCUT2D eigenvalue weighted by Gasteiger charge is -2.07. The van der Waals surface area contributed by atoms with Gasteiger partial charge in [-0.15, -0.1) is 0 Å². The summed E-state index contributed by atoms with van der Waals surface area (Å²) in [7, 11) is 0. The molecule has 0 aliphatic rings. The smallest absolute Gasteiger partial charge is 0.255 e. The van der Waals surface area contributed by atoms with Gasteiger partial charge < -0.3 is 5.32 Å². The Morgan fingerprint density at radius 3 is 2.67 bits per heavy atom. The standard InChI is InChI=1S/C13H16ClFINO/c14-10-6-5-7-11(15)12(10)13(18)17-9-4-2-1-3-8-16/h5-7H,1-4,8-9H2,(H,17,18). The maximum absolute atomic E-state index is 13.4. The quantitative estimate of drug-likeness (QED) is 0.427. The van der Waals surface area contributed by atoms with Crippen LogP contribution < -0.4 is 5.32 Å². The van der Waals surface area contributed by atoms with Crippen LogP contribution in [0.5, 0.6) is 0 Å². The van der Waals surface area contributed by atoms with E-state index in [1.165, 1.54) is 31.0 Å². The molecule has 1 aromatic rings. The molecule has 0 aromatic heterocycles. The van der Waals surface area contributed by atoms with Crippen LogP contribution in [0, 0.1) is 5.82 Å². The van der Waals surface area contributed by atoms with Crippen molar-refractivity contribution in [3.8, 4) is 0 Å². The van der Waals surface area contributed by atoms with Crippen molar-refractivity contribution in [1.82, 2.24) is 5.32 Å². The molecule has 0 atom stereocenters. The molecule has 1 N–H and O–H groups in total. The minimum atomic E-state index is -0.579. The normalized spacial score (nSPS) is 10.4. The van der Waals surface area contributed by atoms with Crippen LogP contribution in [-0.2, 0) is 0 Å². The van der Waals surface area contributed by atoms with Crippen LogP contribution in [0.1, 0.15) is 36.0 Å². The zero-order valence-electron chi connectivity index (χ0n) is 10.0. The Bertz CT molecular complexity index is 380. The SMILES string of the molecule is O=C(NCCCCCCI)c1c(F)cccc1Cl. The van der Waals surface area contributed by atoms with Gasteiger partial charge in [0.15, 0.2) is 0 Å². The van der Waals surface area contributed by atoms with Gasteiger partial charge in [0.05, 0.1) is 10.6 Å². The zero-order chi connectivity index (χ0) is 13.4. The van der Waals surface area contributed by atoms with Gasteiger partial charge in [-0.2, -0.15) is 0 Å². The summed E-state index contributed by atoms with van der Waals surface area (Å²) < 4.78 is 14.6. The van der Waals surface area contributed by atoms with E-state index < -0.39 is 11.7 Å². The molecule has 0 bridgehead atoms. The molecule has 0 unspecified atom stereocenters. The van der Waals surface area contributed by atoms with Crippen LogP contribution in [0.25, 0.3) is 0 Å². The summed E-state index contributed by atoms with van der Waals surface area (Å²) in [5.74, 6) is -1.02. The number of benzene rings is 1. The number of amides is 1. The highest BCUT2D eigenvalue weighted by atomic mass is 127. The van der Waals surface area contributed by atoms with Crippen molar-refractivity contribution in [3.05, 3.63) is 34.6 Å². The van der Waals surface area contributed by atoms with Crippen molar-refractivity contribution < 1.29 is 9.18 Å². The highest BCUT2D eigenvalue weighted by Gasteiger charge is 2.14. The number of carbonyl (C=O) groups is 1. The van der Waals surface area contributed by atoms with Gasteiger partial charge in [0.1, 0.15) is 5.82 Å². The molecule has 100 valence electrons. The van der Waals surface area contributed by atoms with Crippen molar-refractivity contribution in [3.63, 3.8) is 0 Å². The first-order chi connectivity index (χ1) is 8.66. The molecular formula is C13H16ClFINO. The summed E-state index contributed by atoms with van der Waals surface area (Å²) in [6.07, 6.45) is 4.36. The lowest BCUT2D eigenvalue weighted by Crippen LogP contribution is -2.25. The van der Waals surface area contributed by atoms with Crippen LogP contribution in [0.15, 0.2) is 18.2 Å². The molecule has 1 aromatic carbocycles. The molecule has 1 rings (SSSR count). The number of carbonyl (C=O) groups excluding carboxylic acids is 1. The van der Waals surface area contributed by atoms with E-state index in [-0.39, 0.29) is 10.6 Å². The molecule has 5 heteroatoms. The van der Waals surface area contributed by atoms with Crippen molar-refractivity contribution in [2.75, 3.05) is 11.0 Å². The second kappa shape index (κ2) is 8.69. The van der Waals surface area contributed by atoms with E-state index in [9.17, 15) is 9.18 Å². The van der Waals surface area contributed by atoms with E-state index in [0.717, 1.165) is 17.3 Å². The first-order valence-electron chi connectivity index (χ1n) is 5.95. The fourth-order valence-electron chi connectivity index (χ4n) is 1.58. The Hall–Kier alpha value is -0.360. The van der Waals surface area contributed by atoms with Gasteiger partial charge in [0.25, 0.3) is 5.91 Å². The van der Waals surface area contributed by atoms with Gasteiger partial charge in [-0.3, -0.25) is 4.79 Å². The van der Waals surface area contributed by atoms with Gasteiger partial charge in [0, 0.05) is 6.54 Å². The number of nitrogens with one attached hydrogen (secondary N) is 1. The number of hydrogen-bond acceptors (Lipinski definition) is 1. The van der Waals surface area contributed by atoms with Gasteiger partial charge in [-0.25, -0.2) is 4.39 Å². The van der Waals surface area contributed by atoms with E-state index in [1.807, 2.05) is 0 Å². The third-order valence-electron chi connectivity index (χ3n) is 2.54. The second-order valence-electron chi connectivity index (χ2n) is 3.96. The Kier molecular flexibility index (Phi) is 7.58. The van der Waals surface area contributed by atoms with Gasteiger partial charge in [-0.05, 0) is 29.4 Å². The average molecular weight is 384 g/mol. The third kappa shape index (κ3) is 5.10. The van der Waals surface area contributed by atoms with E-state index in [4.69, 9.17) is 11.6 Å². The molecule has 0 spiro atoms. The van der Waals surface area contributed by atoms with Crippen LogP contribution >= 0.6 is 34.2 Å². The van der Waals surface area contributed by atoms with E-state index in [2.05, 4.69) is 27.9 Å². The number of hydrogen-bond donors (Lipinski definition) is 1. The minimum Gasteiger partial charge on any atom is -0.352 e. The Balaban J connectivity index is 2.37. The first-order valence-corrected chi connectivity index (χ1v) is 7.85.